The van der Waals surface area contributed by atoms with E-state index in [1.54, 1.807) is 24.3 Å². The number of hydrogen-bond acceptors (Lipinski definition) is 9. The summed E-state index contributed by atoms with van der Waals surface area (Å²) < 4.78 is 23.2. The Balaban J connectivity index is 1.63. The standard InChI is InChI=1S/C37H46ClN5O8/c1-22(2)18-31-37(47)49-29(23(3)33-34(51-33)25-10-6-5-7-11-25)13-8-14-32(44)42-28(20-24-15-16-30(48-4)27(38)19-24)35(45)40-21-26(36(46)50-31)12-9-17-41-43-39/h5-8,10-11,14-16,19,22-23,26,28-29,31,33-34H,9,12-13,17-18,20-21H2,1-4H3,(H,40,45)(H,42,44)/b14-8+/t23-,26-,28+,29-,31-,33+,34+/m0/s1. The van der Waals surface area contributed by atoms with Crippen molar-refractivity contribution in [2.45, 2.75) is 83.3 Å². The summed E-state index contributed by atoms with van der Waals surface area (Å²) in [6, 6.07) is 13.8. The van der Waals surface area contributed by atoms with E-state index in [-0.39, 0.29) is 62.8 Å². The van der Waals surface area contributed by atoms with Crippen LogP contribution in [0.25, 0.3) is 10.4 Å². The smallest absolute Gasteiger partial charge is 0.347 e. The van der Waals surface area contributed by atoms with Crippen LogP contribution in [0.15, 0.2) is 65.8 Å². The number of nitrogens with one attached hydrogen (secondary N) is 2. The molecule has 2 heterocycles. The predicted molar refractivity (Wildman–Crippen MR) is 190 cm³/mol. The third-order valence-electron chi connectivity index (χ3n) is 8.89. The molecule has 0 spiro atoms. The molecule has 1 fully saturated rings. The highest BCUT2D eigenvalue weighted by molar-refractivity contribution is 6.32. The highest BCUT2D eigenvalue weighted by atomic mass is 35.5. The summed E-state index contributed by atoms with van der Waals surface area (Å²) in [6.45, 7) is 5.70. The highest BCUT2D eigenvalue weighted by Crippen LogP contribution is 2.45. The molecule has 0 unspecified atom stereocenters. The Hall–Kier alpha value is -4.58. The molecule has 13 nitrogen and oxygen atoms in total. The first-order chi connectivity index (χ1) is 24.5. The van der Waals surface area contributed by atoms with E-state index in [0.717, 1.165) is 5.56 Å². The lowest BCUT2D eigenvalue weighted by atomic mass is 9.93. The number of halogens is 1. The zero-order chi connectivity index (χ0) is 36.9. The SMILES string of the molecule is COc1ccc(C[C@H]2NC(=O)/C=C/C[C@@H]([C@H](C)[C@H]3O[C@@H]3c3ccccc3)OC(=O)[C@H](CC(C)C)OC(=O)[C@@H](CCCN=[N+]=[N-])CNC2=O)cc1Cl. The number of nitrogens with zero attached hydrogens (tertiary/aromatic N) is 3. The van der Waals surface area contributed by atoms with E-state index >= 15 is 0 Å². The number of azide groups is 1. The van der Waals surface area contributed by atoms with Crippen molar-refractivity contribution in [1.82, 2.24) is 10.6 Å². The topological polar surface area (TPSA) is 181 Å². The van der Waals surface area contributed by atoms with Gasteiger partial charge in [-0.25, -0.2) is 4.79 Å². The van der Waals surface area contributed by atoms with Crippen molar-refractivity contribution in [3.05, 3.63) is 87.3 Å². The molecule has 0 saturated carbocycles. The van der Waals surface area contributed by atoms with E-state index in [4.69, 9.17) is 36.1 Å². The molecule has 0 bridgehead atoms. The van der Waals surface area contributed by atoms with Gasteiger partial charge >= 0.3 is 11.9 Å². The lowest BCUT2D eigenvalue weighted by Crippen LogP contribution is -2.49. The molecule has 14 heteroatoms. The van der Waals surface area contributed by atoms with E-state index in [0.29, 0.717) is 22.8 Å². The maximum atomic E-state index is 13.7. The van der Waals surface area contributed by atoms with Gasteiger partial charge in [0.1, 0.15) is 24.0 Å². The van der Waals surface area contributed by atoms with Gasteiger partial charge in [-0.2, -0.15) is 0 Å². The molecule has 0 aromatic heterocycles. The Kier molecular flexibility index (Phi) is 14.7. The van der Waals surface area contributed by atoms with Gasteiger partial charge in [0.15, 0.2) is 6.10 Å². The second-order valence-corrected chi connectivity index (χ2v) is 13.6. The van der Waals surface area contributed by atoms with Gasteiger partial charge < -0.3 is 29.6 Å². The maximum Gasteiger partial charge on any atom is 0.347 e. The lowest BCUT2D eigenvalue weighted by Gasteiger charge is -2.27. The number of benzene rings is 2. The van der Waals surface area contributed by atoms with E-state index in [2.05, 4.69) is 20.7 Å². The fraction of sp³-hybridized carbons (Fsp3) is 0.514. The van der Waals surface area contributed by atoms with Crippen LogP contribution in [0.2, 0.25) is 5.02 Å². The van der Waals surface area contributed by atoms with Crippen molar-refractivity contribution in [3.63, 3.8) is 0 Å². The lowest BCUT2D eigenvalue weighted by molar-refractivity contribution is -0.176. The third-order valence-corrected chi connectivity index (χ3v) is 9.18. The Morgan fingerprint density at radius 1 is 1.06 bits per heavy atom. The molecule has 2 aromatic rings. The molecule has 0 radical (unpaired) electrons. The van der Waals surface area contributed by atoms with Crippen molar-refractivity contribution in [3.8, 4) is 5.75 Å². The van der Waals surface area contributed by atoms with Crippen LogP contribution in [-0.4, -0.2) is 68.3 Å². The minimum absolute atomic E-state index is 0.0232. The Labute approximate surface area is 303 Å². The number of carbonyl (C=O) groups excluding carboxylic acids is 4. The van der Waals surface area contributed by atoms with Gasteiger partial charge in [-0.1, -0.05) is 80.0 Å². The molecule has 2 aromatic carbocycles. The summed E-state index contributed by atoms with van der Waals surface area (Å²) in [5, 5.41) is 9.42. The Morgan fingerprint density at radius 3 is 2.51 bits per heavy atom. The monoisotopic (exact) mass is 723 g/mol. The largest absolute Gasteiger partial charge is 0.495 e. The first kappa shape index (κ1) is 39.2. The van der Waals surface area contributed by atoms with Gasteiger partial charge in [0.05, 0.1) is 24.2 Å². The fourth-order valence-electron chi connectivity index (χ4n) is 6.01. The molecule has 0 aliphatic carbocycles. The molecule has 4 rings (SSSR count). The number of hydrogen-bond donors (Lipinski definition) is 2. The molecule has 274 valence electrons. The van der Waals surface area contributed by atoms with E-state index in [9.17, 15) is 19.2 Å². The summed E-state index contributed by atoms with van der Waals surface area (Å²) in [7, 11) is 1.49. The first-order valence-electron chi connectivity index (χ1n) is 17.2. The van der Waals surface area contributed by atoms with Gasteiger partial charge in [-0.05, 0) is 60.0 Å². The van der Waals surface area contributed by atoms with Gasteiger partial charge in [0, 0.05) is 36.8 Å². The van der Waals surface area contributed by atoms with Gasteiger partial charge in [-0.3, -0.25) is 14.4 Å². The number of carbonyl (C=O) groups is 4. The third kappa shape index (κ3) is 11.7. The van der Waals surface area contributed by atoms with Crippen LogP contribution < -0.4 is 15.4 Å². The summed E-state index contributed by atoms with van der Waals surface area (Å²) in [5.74, 6) is -3.20. The molecule has 51 heavy (non-hydrogen) atoms. The summed E-state index contributed by atoms with van der Waals surface area (Å²) in [6.07, 6.45) is 1.56. The van der Waals surface area contributed by atoms with Crippen molar-refractivity contribution in [2.24, 2.45) is 22.9 Å². The molecule has 1 saturated heterocycles. The number of epoxide rings is 1. The summed E-state index contributed by atoms with van der Waals surface area (Å²) >= 11 is 6.34. The van der Waals surface area contributed by atoms with Crippen LogP contribution in [0.3, 0.4) is 0 Å². The van der Waals surface area contributed by atoms with Crippen molar-refractivity contribution in [1.29, 1.82) is 0 Å². The van der Waals surface area contributed by atoms with E-state index in [1.807, 2.05) is 51.1 Å². The Morgan fingerprint density at radius 2 is 1.82 bits per heavy atom. The summed E-state index contributed by atoms with van der Waals surface area (Å²) in [4.78, 5) is 57.0. The van der Waals surface area contributed by atoms with Crippen molar-refractivity contribution < 1.29 is 38.1 Å². The average molecular weight is 724 g/mol. The van der Waals surface area contributed by atoms with Crippen LogP contribution >= 0.6 is 11.6 Å². The molecule has 2 aliphatic rings. The molecule has 7 atom stereocenters. The summed E-state index contributed by atoms with van der Waals surface area (Å²) in [5.41, 5.74) is 10.4. The number of ether oxygens (including phenoxy) is 4. The quantitative estimate of drug-likeness (QED) is 0.0688. The second-order valence-electron chi connectivity index (χ2n) is 13.2. The van der Waals surface area contributed by atoms with Crippen molar-refractivity contribution >= 4 is 35.4 Å². The normalized spacial score (nSPS) is 25.8. The molecule has 2 amide bonds. The fourth-order valence-corrected chi connectivity index (χ4v) is 6.29. The van der Waals surface area contributed by atoms with Gasteiger partial charge in [-0.15, -0.1) is 0 Å². The van der Waals surface area contributed by atoms with E-state index in [1.165, 1.54) is 13.2 Å². The molecular weight excluding hydrogens is 678 g/mol. The minimum atomic E-state index is -1.21. The van der Waals surface area contributed by atoms with E-state index < -0.39 is 47.9 Å². The zero-order valence-corrected chi connectivity index (χ0v) is 30.1. The second kappa shape index (κ2) is 19.1. The number of esters is 2. The zero-order valence-electron chi connectivity index (χ0n) is 29.3. The minimum Gasteiger partial charge on any atom is -0.495 e. The first-order valence-corrected chi connectivity index (χ1v) is 17.6. The predicted octanol–water partition coefficient (Wildman–Crippen LogP) is 5.80. The maximum absolute atomic E-state index is 13.7. The number of cyclic esters (lactones) is 2. The van der Waals surface area contributed by atoms with Gasteiger partial charge in [0.25, 0.3) is 0 Å². The van der Waals surface area contributed by atoms with Crippen LogP contribution in [0.4, 0.5) is 0 Å². The number of rotatable bonds is 12. The van der Waals surface area contributed by atoms with Crippen LogP contribution in [0, 0.1) is 17.8 Å². The van der Waals surface area contributed by atoms with Gasteiger partial charge in [0.2, 0.25) is 11.8 Å². The molecule has 2 N–H and O–H groups in total. The highest BCUT2D eigenvalue weighted by Gasteiger charge is 2.47. The van der Waals surface area contributed by atoms with Crippen LogP contribution in [0.5, 0.6) is 5.75 Å². The average Bonchev–Trinajstić information content (AvgIpc) is 3.91. The number of amides is 2. The van der Waals surface area contributed by atoms with Crippen LogP contribution in [-0.2, 0) is 39.8 Å². The van der Waals surface area contributed by atoms with Crippen molar-refractivity contribution in [2.75, 3.05) is 20.2 Å². The molecule has 2 aliphatic heterocycles. The number of methoxy groups -OCH3 is 1. The van der Waals surface area contributed by atoms with Crippen LogP contribution in [0.1, 0.15) is 63.7 Å². The molecular formula is C37H46ClN5O8. The Bertz CT molecular complexity index is 1600.